The number of aromatic nitrogens is 2. The third-order valence-corrected chi connectivity index (χ3v) is 4.01. The van der Waals surface area contributed by atoms with Crippen LogP contribution >= 0.6 is 15.9 Å². The molecule has 0 spiro atoms. The van der Waals surface area contributed by atoms with Crippen LogP contribution in [0.5, 0.6) is 0 Å². The number of hydrogen-bond donors (Lipinski definition) is 2. The molecule has 120 valence electrons. The fourth-order valence-electron chi connectivity index (χ4n) is 2.37. The number of hydrogen-bond acceptors (Lipinski definition) is 2. The van der Waals surface area contributed by atoms with Crippen molar-refractivity contribution in [3.63, 3.8) is 0 Å². The van der Waals surface area contributed by atoms with Crippen LogP contribution in [0.1, 0.15) is 15.9 Å². The Hall–Kier alpha value is -2.86. The van der Waals surface area contributed by atoms with Crippen LogP contribution in [-0.2, 0) is 0 Å². The molecule has 0 amide bonds. The van der Waals surface area contributed by atoms with Crippen LogP contribution in [0, 0.1) is 0 Å². The minimum absolute atomic E-state index is 0.108. The predicted molar refractivity (Wildman–Crippen MR) is 95.8 cm³/mol. The van der Waals surface area contributed by atoms with E-state index < -0.39 is 5.97 Å². The lowest BCUT2D eigenvalue weighted by atomic mass is 10.2. The summed E-state index contributed by atoms with van der Waals surface area (Å²) >= 11 is 3.39. The lowest BCUT2D eigenvalue weighted by Gasteiger charge is -2.02. The van der Waals surface area contributed by atoms with Crippen LogP contribution in [0.4, 0.5) is 0 Å². The number of halogens is 1. The standard InChI is InChI=1S/C18H13BrN2O3/c1-11-16(9-12-4-2-6-14(19)8-12)17(22)21(20-11)15-7-3-5-13(10-15)18(23)24/h2-10,20H,1H2,(H,23,24). The summed E-state index contributed by atoms with van der Waals surface area (Å²) in [6, 6.07) is 13.7. The second-order valence-electron chi connectivity index (χ2n) is 5.20. The van der Waals surface area contributed by atoms with Gasteiger partial charge >= 0.3 is 5.97 Å². The zero-order chi connectivity index (χ0) is 17.3. The van der Waals surface area contributed by atoms with Gasteiger partial charge < -0.3 is 5.11 Å². The lowest BCUT2D eigenvalue weighted by Crippen LogP contribution is -2.34. The van der Waals surface area contributed by atoms with E-state index in [-0.39, 0.29) is 11.1 Å². The number of carbonyl (C=O) groups is 1. The normalized spacial score (nSPS) is 11.6. The van der Waals surface area contributed by atoms with Gasteiger partial charge in [-0.15, -0.1) is 0 Å². The molecule has 2 aromatic carbocycles. The molecule has 0 saturated heterocycles. The molecule has 0 aliphatic heterocycles. The van der Waals surface area contributed by atoms with E-state index in [2.05, 4.69) is 27.6 Å². The molecule has 6 heteroatoms. The first-order valence-corrected chi connectivity index (χ1v) is 7.86. The van der Waals surface area contributed by atoms with Crippen molar-refractivity contribution in [2.75, 3.05) is 0 Å². The highest BCUT2D eigenvalue weighted by Gasteiger charge is 2.08. The molecular formula is C18H13BrN2O3. The highest BCUT2D eigenvalue weighted by molar-refractivity contribution is 9.10. The molecule has 5 nitrogen and oxygen atoms in total. The molecule has 2 N–H and O–H groups in total. The Bertz CT molecular complexity index is 1100. The summed E-state index contributed by atoms with van der Waals surface area (Å²) in [7, 11) is 0. The molecule has 0 atom stereocenters. The maximum absolute atomic E-state index is 12.7. The van der Waals surface area contributed by atoms with Gasteiger partial charge in [0.15, 0.2) is 0 Å². The van der Waals surface area contributed by atoms with Crippen LogP contribution < -0.4 is 16.1 Å². The van der Waals surface area contributed by atoms with Gasteiger partial charge in [0.25, 0.3) is 5.56 Å². The van der Waals surface area contributed by atoms with Crippen LogP contribution in [0.25, 0.3) is 18.3 Å². The van der Waals surface area contributed by atoms with Crippen molar-refractivity contribution < 1.29 is 9.90 Å². The number of aromatic carboxylic acids is 1. The van der Waals surface area contributed by atoms with E-state index in [9.17, 15) is 9.59 Å². The predicted octanol–water partition coefficient (Wildman–Crippen LogP) is 1.87. The van der Waals surface area contributed by atoms with Crippen molar-refractivity contribution in [1.29, 1.82) is 0 Å². The van der Waals surface area contributed by atoms with Gasteiger partial charge in [-0.2, -0.15) is 0 Å². The molecule has 0 bridgehead atoms. The topological polar surface area (TPSA) is 75.1 Å². The monoisotopic (exact) mass is 384 g/mol. The summed E-state index contributed by atoms with van der Waals surface area (Å²) in [4.78, 5) is 23.8. The Morgan fingerprint density at radius 1 is 1.21 bits per heavy atom. The van der Waals surface area contributed by atoms with Gasteiger partial charge in [-0.1, -0.05) is 40.7 Å². The van der Waals surface area contributed by atoms with Crippen molar-refractivity contribution in [3.8, 4) is 5.69 Å². The molecule has 24 heavy (non-hydrogen) atoms. The van der Waals surface area contributed by atoms with Gasteiger partial charge in [0.05, 0.1) is 21.8 Å². The third-order valence-electron chi connectivity index (χ3n) is 3.52. The number of nitrogens with one attached hydrogen (secondary N) is 1. The van der Waals surface area contributed by atoms with Crippen LogP contribution in [0.3, 0.4) is 0 Å². The molecule has 0 saturated carbocycles. The Kier molecular flexibility index (Phi) is 4.22. The molecule has 0 aliphatic carbocycles. The van der Waals surface area contributed by atoms with Crippen molar-refractivity contribution >= 4 is 34.6 Å². The van der Waals surface area contributed by atoms with E-state index in [0.29, 0.717) is 16.3 Å². The maximum Gasteiger partial charge on any atom is 0.335 e. The molecular weight excluding hydrogens is 372 g/mol. The number of nitrogens with zero attached hydrogens (tertiary/aromatic N) is 1. The first kappa shape index (κ1) is 16.0. The third kappa shape index (κ3) is 3.09. The van der Waals surface area contributed by atoms with Crippen molar-refractivity contribution in [3.05, 3.63) is 85.1 Å². The fraction of sp³-hybridized carbons (Fsp3) is 0. The summed E-state index contributed by atoms with van der Waals surface area (Å²) in [5.74, 6) is -1.05. The van der Waals surface area contributed by atoms with Gasteiger partial charge in [-0.25, -0.2) is 9.48 Å². The van der Waals surface area contributed by atoms with Gasteiger partial charge in [0.1, 0.15) is 0 Å². The van der Waals surface area contributed by atoms with E-state index in [1.807, 2.05) is 24.3 Å². The average molecular weight is 385 g/mol. The van der Waals surface area contributed by atoms with E-state index in [0.717, 1.165) is 10.0 Å². The fourth-order valence-corrected chi connectivity index (χ4v) is 2.78. The van der Waals surface area contributed by atoms with Gasteiger partial charge in [-0.05, 0) is 42.0 Å². The smallest absolute Gasteiger partial charge is 0.335 e. The average Bonchev–Trinajstić information content (AvgIpc) is 2.83. The van der Waals surface area contributed by atoms with Crippen LogP contribution in [0.15, 0.2) is 57.8 Å². The molecule has 0 unspecified atom stereocenters. The Labute approximate surface area is 145 Å². The minimum atomic E-state index is -1.05. The Balaban J connectivity index is 2.18. The molecule has 0 fully saturated rings. The van der Waals surface area contributed by atoms with Gasteiger partial charge in [-0.3, -0.25) is 9.89 Å². The molecule has 1 aromatic heterocycles. The summed E-state index contributed by atoms with van der Waals surface area (Å²) in [6.45, 7) is 3.87. The van der Waals surface area contributed by atoms with Gasteiger partial charge in [0.2, 0.25) is 0 Å². The number of rotatable bonds is 3. The van der Waals surface area contributed by atoms with E-state index >= 15 is 0 Å². The maximum atomic E-state index is 12.7. The first-order chi connectivity index (χ1) is 11.5. The van der Waals surface area contributed by atoms with E-state index in [1.165, 1.54) is 16.8 Å². The largest absolute Gasteiger partial charge is 0.478 e. The number of carboxylic acids is 1. The zero-order valence-electron chi connectivity index (χ0n) is 12.5. The van der Waals surface area contributed by atoms with Crippen molar-refractivity contribution in [2.24, 2.45) is 0 Å². The summed E-state index contributed by atoms with van der Waals surface area (Å²) < 4.78 is 2.20. The Morgan fingerprint density at radius 2 is 1.96 bits per heavy atom. The van der Waals surface area contributed by atoms with Crippen LogP contribution in [0.2, 0.25) is 0 Å². The quantitative estimate of drug-likeness (QED) is 0.723. The summed E-state index contributed by atoms with van der Waals surface area (Å²) in [5.41, 5.74) is 1.12. The second kappa shape index (κ2) is 6.33. The lowest BCUT2D eigenvalue weighted by molar-refractivity contribution is 0.0697. The highest BCUT2D eigenvalue weighted by Crippen LogP contribution is 2.11. The van der Waals surface area contributed by atoms with E-state index in [1.54, 1.807) is 18.2 Å². The Morgan fingerprint density at radius 3 is 2.67 bits per heavy atom. The number of benzene rings is 2. The van der Waals surface area contributed by atoms with Gasteiger partial charge in [0, 0.05) is 4.47 Å². The molecule has 3 aromatic rings. The minimum Gasteiger partial charge on any atom is -0.478 e. The molecule has 3 rings (SSSR count). The van der Waals surface area contributed by atoms with Crippen molar-refractivity contribution in [2.45, 2.75) is 0 Å². The first-order valence-electron chi connectivity index (χ1n) is 7.07. The second-order valence-corrected chi connectivity index (χ2v) is 6.12. The SMILES string of the molecule is C=c1[nH]n(-c2cccc(C(=O)O)c2)c(=O)c1=Cc1cccc(Br)c1. The highest BCUT2D eigenvalue weighted by atomic mass is 79.9. The van der Waals surface area contributed by atoms with E-state index in [4.69, 9.17) is 5.11 Å². The number of aromatic amines is 1. The van der Waals surface area contributed by atoms with Crippen LogP contribution in [-0.4, -0.2) is 20.9 Å². The summed E-state index contributed by atoms with van der Waals surface area (Å²) in [6.07, 6.45) is 1.74. The molecule has 0 aliphatic rings. The molecule has 0 radical (unpaired) electrons. The molecule has 1 heterocycles. The van der Waals surface area contributed by atoms with Crippen molar-refractivity contribution in [1.82, 2.24) is 9.78 Å². The number of carboxylic acid groups (broad SMARTS) is 1. The zero-order valence-corrected chi connectivity index (χ0v) is 14.1. The number of H-pyrrole nitrogens is 1. The summed E-state index contributed by atoms with van der Waals surface area (Å²) in [5, 5.41) is 12.9.